The molecule has 3 aliphatic rings. The second kappa shape index (κ2) is 7.99. The summed E-state index contributed by atoms with van der Waals surface area (Å²) in [6.07, 6.45) is -1.66. The van der Waals surface area contributed by atoms with E-state index in [1.165, 1.54) is 0 Å². The topological polar surface area (TPSA) is 102 Å². The van der Waals surface area contributed by atoms with E-state index in [1.807, 2.05) is 0 Å². The Balaban J connectivity index is 1.43. The number of urea groups is 1. The fourth-order valence-electron chi connectivity index (χ4n) is 3.86. The van der Waals surface area contributed by atoms with Crippen LogP contribution in [-0.4, -0.2) is 86.6 Å². The summed E-state index contributed by atoms with van der Waals surface area (Å²) in [5, 5.41) is 16.6. The molecule has 2 amide bonds. The third-order valence-electron chi connectivity index (χ3n) is 5.22. The molecule has 0 aliphatic carbocycles. The predicted octanol–water partition coefficient (Wildman–Crippen LogP) is 0.00210. The summed E-state index contributed by atoms with van der Waals surface area (Å²) < 4.78 is 22.2. The highest BCUT2D eigenvalue weighted by molar-refractivity contribution is 5.89. The van der Waals surface area contributed by atoms with Gasteiger partial charge in [0.05, 0.1) is 45.1 Å². The van der Waals surface area contributed by atoms with Crippen LogP contribution in [0.3, 0.4) is 0 Å². The zero-order valence-electron chi connectivity index (χ0n) is 15.2. The SMILES string of the molecule is COc1cccc(NC(=O)N[C@H]2[C@H](O)[C@@H](N3CCOCC3)[C@@H]3OC[C@H]2O3)c1. The number of anilines is 1. The maximum absolute atomic E-state index is 12.5. The largest absolute Gasteiger partial charge is 0.497 e. The molecule has 9 heteroatoms. The number of amides is 2. The first-order valence-electron chi connectivity index (χ1n) is 9.14. The average molecular weight is 379 g/mol. The predicted molar refractivity (Wildman–Crippen MR) is 95.7 cm³/mol. The molecule has 1 aromatic carbocycles. The Morgan fingerprint density at radius 1 is 1.33 bits per heavy atom. The van der Waals surface area contributed by atoms with E-state index in [0.717, 1.165) is 0 Å². The molecule has 0 saturated carbocycles. The number of aliphatic hydroxyl groups excluding tert-OH is 1. The zero-order chi connectivity index (χ0) is 18.8. The van der Waals surface area contributed by atoms with Crippen LogP contribution in [0.25, 0.3) is 0 Å². The van der Waals surface area contributed by atoms with Crippen LogP contribution < -0.4 is 15.4 Å². The van der Waals surface area contributed by atoms with Gasteiger partial charge < -0.3 is 34.7 Å². The number of nitrogens with zero attached hydrogens (tertiary/aromatic N) is 1. The number of fused-ring (bicyclic) bond motifs is 2. The minimum Gasteiger partial charge on any atom is -0.497 e. The summed E-state index contributed by atoms with van der Waals surface area (Å²) >= 11 is 0. The molecule has 2 bridgehead atoms. The number of hydrogen-bond acceptors (Lipinski definition) is 7. The Morgan fingerprint density at radius 3 is 2.93 bits per heavy atom. The highest BCUT2D eigenvalue weighted by Gasteiger charge is 2.52. The summed E-state index contributed by atoms with van der Waals surface area (Å²) in [7, 11) is 1.57. The first-order chi connectivity index (χ1) is 13.2. The van der Waals surface area contributed by atoms with Crippen LogP contribution in [0, 0.1) is 0 Å². The van der Waals surface area contributed by atoms with Gasteiger partial charge in [-0.2, -0.15) is 0 Å². The number of carbonyl (C=O) groups is 1. The molecule has 148 valence electrons. The van der Waals surface area contributed by atoms with E-state index >= 15 is 0 Å². The van der Waals surface area contributed by atoms with Gasteiger partial charge in [-0.05, 0) is 12.1 Å². The number of rotatable bonds is 4. The first kappa shape index (κ1) is 18.5. The van der Waals surface area contributed by atoms with Crippen LogP contribution in [0.15, 0.2) is 24.3 Å². The molecule has 0 unspecified atom stereocenters. The molecule has 27 heavy (non-hydrogen) atoms. The van der Waals surface area contributed by atoms with Crippen molar-refractivity contribution < 1.29 is 28.8 Å². The molecule has 0 spiro atoms. The molecule has 5 atom stereocenters. The third-order valence-corrected chi connectivity index (χ3v) is 5.22. The van der Waals surface area contributed by atoms with Crippen LogP contribution in [0.2, 0.25) is 0 Å². The summed E-state index contributed by atoms with van der Waals surface area (Å²) in [6.45, 7) is 2.94. The van der Waals surface area contributed by atoms with Crippen molar-refractivity contribution in [3.05, 3.63) is 24.3 Å². The van der Waals surface area contributed by atoms with E-state index in [-0.39, 0.29) is 12.1 Å². The second-order valence-electron chi connectivity index (χ2n) is 6.86. The van der Waals surface area contributed by atoms with Crippen molar-refractivity contribution >= 4 is 11.7 Å². The molecule has 4 rings (SSSR count). The van der Waals surface area contributed by atoms with Crippen molar-refractivity contribution in [2.24, 2.45) is 0 Å². The van der Waals surface area contributed by atoms with E-state index in [2.05, 4.69) is 15.5 Å². The third kappa shape index (κ3) is 3.87. The minimum atomic E-state index is -0.801. The van der Waals surface area contributed by atoms with Crippen molar-refractivity contribution in [3.8, 4) is 5.75 Å². The maximum Gasteiger partial charge on any atom is 0.319 e. The van der Waals surface area contributed by atoms with Gasteiger partial charge in [-0.1, -0.05) is 6.07 Å². The summed E-state index contributed by atoms with van der Waals surface area (Å²) in [5.74, 6) is 0.647. The van der Waals surface area contributed by atoms with Gasteiger partial charge in [-0.3, -0.25) is 4.90 Å². The molecular weight excluding hydrogens is 354 g/mol. The highest BCUT2D eigenvalue weighted by atomic mass is 16.7. The molecule has 3 N–H and O–H groups in total. The van der Waals surface area contributed by atoms with E-state index in [0.29, 0.717) is 44.3 Å². The normalized spacial score (nSPS) is 33.5. The van der Waals surface area contributed by atoms with E-state index in [1.54, 1.807) is 31.4 Å². The molecule has 3 fully saturated rings. The lowest BCUT2D eigenvalue weighted by Crippen LogP contribution is -2.66. The van der Waals surface area contributed by atoms with Crippen LogP contribution in [-0.2, 0) is 14.2 Å². The van der Waals surface area contributed by atoms with Crippen molar-refractivity contribution in [1.82, 2.24) is 10.2 Å². The van der Waals surface area contributed by atoms with Gasteiger partial charge in [-0.15, -0.1) is 0 Å². The monoisotopic (exact) mass is 379 g/mol. The van der Waals surface area contributed by atoms with Crippen LogP contribution in [0.5, 0.6) is 5.75 Å². The number of morpholine rings is 1. The van der Waals surface area contributed by atoms with Gasteiger partial charge >= 0.3 is 6.03 Å². The molecule has 3 saturated heterocycles. The molecule has 3 heterocycles. The number of ether oxygens (including phenoxy) is 4. The Labute approximate surface area is 157 Å². The zero-order valence-corrected chi connectivity index (χ0v) is 15.2. The number of carbonyl (C=O) groups excluding carboxylic acids is 1. The fraction of sp³-hybridized carbons (Fsp3) is 0.611. The molecule has 0 aromatic heterocycles. The maximum atomic E-state index is 12.5. The van der Waals surface area contributed by atoms with E-state index in [9.17, 15) is 9.90 Å². The molecule has 9 nitrogen and oxygen atoms in total. The number of methoxy groups -OCH3 is 1. The summed E-state index contributed by atoms with van der Waals surface area (Å²) in [5.41, 5.74) is 0.600. The number of aliphatic hydroxyl groups is 1. The Hall–Kier alpha value is -1.91. The van der Waals surface area contributed by atoms with Crippen molar-refractivity contribution in [2.45, 2.75) is 30.6 Å². The molecule has 1 aromatic rings. The van der Waals surface area contributed by atoms with Crippen LogP contribution >= 0.6 is 0 Å². The summed E-state index contributed by atoms with van der Waals surface area (Å²) in [4.78, 5) is 14.6. The first-order valence-corrected chi connectivity index (χ1v) is 9.14. The molecule has 0 radical (unpaired) electrons. The minimum absolute atomic E-state index is 0.338. The van der Waals surface area contributed by atoms with E-state index in [4.69, 9.17) is 18.9 Å². The van der Waals surface area contributed by atoms with Gasteiger partial charge in [0.2, 0.25) is 0 Å². The van der Waals surface area contributed by atoms with Crippen molar-refractivity contribution in [3.63, 3.8) is 0 Å². The quantitative estimate of drug-likeness (QED) is 0.677. The fourth-order valence-corrected chi connectivity index (χ4v) is 3.86. The molecule has 3 aliphatic heterocycles. The van der Waals surface area contributed by atoms with Gasteiger partial charge in [-0.25, -0.2) is 4.79 Å². The lowest BCUT2D eigenvalue weighted by atomic mass is 9.94. The lowest BCUT2D eigenvalue weighted by molar-refractivity contribution is -0.189. The van der Waals surface area contributed by atoms with Gasteiger partial charge in [0, 0.05) is 24.8 Å². The molecular formula is C18H25N3O6. The lowest BCUT2D eigenvalue weighted by Gasteiger charge is -2.44. The van der Waals surface area contributed by atoms with Crippen LogP contribution in [0.1, 0.15) is 0 Å². The number of nitrogens with one attached hydrogen (secondary N) is 2. The smallest absolute Gasteiger partial charge is 0.319 e. The van der Waals surface area contributed by atoms with E-state index < -0.39 is 24.5 Å². The number of hydrogen-bond donors (Lipinski definition) is 3. The second-order valence-corrected chi connectivity index (χ2v) is 6.86. The Morgan fingerprint density at radius 2 is 2.15 bits per heavy atom. The standard InChI is InChI=1S/C18H25N3O6/c1-24-12-4-2-3-11(9-12)19-18(23)20-14-13-10-26-17(27-13)15(16(14)22)21-5-7-25-8-6-21/h2-4,9,13-17,22H,5-8,10H2,1H3,(H2,19,20,23)/t13-,14-,15-,16+,17-/m1/s1. The van der Waals surface area contributed by atoms with Crippen LogP contribution in [0.4, 0.5) is 10.5 Å². The van der Waals surface area contributed by atoms with Gasteiger partial charge in [0.15, 0.2) is 6.29 Å². The van der Waals surface area contributed by atoms with Gasteiger partial charge in [0.1, 0.15) is 11.9 Å². The highest BCUT2D eigenvalue weighted by Crippen LogP contribution is 2.31. The number of benzene rings is 1. The summed E-state index contributed by atoms with van der Waals surface area (Å²) in [6, 6.07) is 5.75. The Bertz CT molecular complexity index is 668. The van der Waals surface area contributed by atoms with Crippen molar-refractivity contribution in [2.75, 3.05) is 45.3 Å². The Kier molecular flexibility index (Phi) is 5.46. The average Bonchev–Trinajstić information content (AvgIpc) is 3.11. The van der Waals surface area contributed by atoms with Gasteiger partial charge in [0.25, 0.3) is 0 Å². The van der Waals surface area contributed by atoms with Crippen molar-refractivity contribution in [1.29, 1.82) is 0 Å².